The number of ether oxygens (including phenoxy) is 1. The fourth-order valence-electron chi connectivity index (χ4n) is 6.38. The van der Waals surface area contributed by atoms with Crippen molar-refractivity contribution in [3.63, 3.8) is 0 Å². The van der Waals surface area contributed by atoms with Crippen LogP contribution in [0.1, 0.15) is 143 Å². The molecule has 0 bridgehead atoms. The molecule has 6 N–H and O–H groups in total. The number of rotatable bonds is 8. The van der Waals surface area contributed by atoms with Gasteiger partial charge in [-0.2, -0.15) is 0 Å². The number of nitrogens with two attached hydrogens (primary N) is 3. The number of hydrogen-bond acceptors (Lipinski definition) is 9. The first-order valence-electron chi connectivity index (χ1n) is 22.5. The largest absolute Gasteiger partial charge is 0.379 e. The van der Waals surface area contributed by atoms with Gasteiger partial charge in [-0.1, -0.05) is 34.1 Å². The summed E-state index contributed by atoms with van der Waals surface area (Å²) in [7, 11) is 2.19. The standard InChI is InChI=1S/C8H18N2.C8H17N.C7H15NO.C7H15N.C7H17N.C4H11N3.C3H9N/c1-8(2)10-6-4-9(3)5-7-10;1-8(2)9-6-4-3-5-7-9;1-7(2)8-3-5-9-6-4-8;1-7(2)8-5-3-4-6-8;1-5-8(6-2)7(3)4;1-3(2)7-4(5)6;1-3(2)4/h8H,4-7H2,1-3H3;8H,3-7H2,1-2H3;7H,3-6H2,1-2H3;7H,3-6H2,1-2H3;7H,5-6H2,1-4H3;3H,1-2H3,(H4,5,6,7);3H,4H2,1-2H3. The highest BCUT2D eigenvalue weighted by atomic mass is 16.5. The molecule has 0 aromatic rings. The minimum Gasteiger partial charge on any atom is -0.379 e. The second kappa shape index (κ2) is 37.2. The molecule has 55 heavy (non-hydrogen) atoms. The number of piperidine rings is 1. The number of aliphatic imine (C=N–C) groups is 1. The summed E-state index contributed by atoms with van der Waals surface area (Å²) in [6.45, 7) is 51.4. The number of piperazine rings is 1. The first kappa shape index (κ1) is 58.3. The van der Waals surface area contributed by atoms with E-state index in [-0.39, 0.29) is 12.0 Å². The maximum atomic E-state index is 5.21. The molecule has 4 saturated heterocycles. The highest BCUT2D eigenvalue weighted by Crippen LogP contribution is 2.11. The van der Waals surface area contributed by atoms with Crippen LogP contribution in [0.3, 0.4) is 0 Å². The van der Waals surface area contributed by atoms with Crippen LogP contribution in [-0.2, 0) is 4.74 Å². The van der Waals surface area contributed by atoms with Gasteiger partial charge in [-0.15, -0.1) is 0 Å². The molecule has 0 unspecified atom stereocenters. The van der Waals surface area contributed by atoms with Crippen LogP contribution >= 0.6 is 0 Å². The van der Waals surface area contributed by atoms with Crippen molar-refractivity contribution in [2.45, 2.75) is 185 Å². The summed E-state index contributed by atoms with van der Waals surface area (Å²) in [5.74, 6) is 0.162. The van der Waals surface area contributed by atoms with Crippen molar-refractivity contribution in [1.29, 1.82) is 0 Å². The highest BCUT2D eigenvalue weighted by Gasteiger charge is 2.16. The van der Waals surface area contributed by atoms with Crippen molar-refractivity contribution in [2.24, 2.45) is 22.2 Å². The summed E-state index contributed by atoms with van der Waals surface area (Å²) in [6, 6.07) is 4.22. The Balaban J connectivity index is -0.000000581. The molecule has 4 aliphatic rings. The first-order chi connectivity index (χ1) is 25.7. The summed E-state index contributed by atoms with van der Waals surface area (Å²) < 4.78 is 5.21. The van der Waals surface area contributed by atoms with Crippen LogP contribution in [0.25, 0.3) is 0 Å². The van der Waals surface area contributed by atoms with Crippen LogP contribution in [0.5, 0.6) is 0 Å². The molecule has 0 amide bonds. The van der Waals surface area contributed by atoms with Gasteiger partial charge in [0.15, 0.2) is 5.96 Å². The molecule has 4 fully saturated rings. The van der Waals surface area contributed by atoms with E-state index in [1.807, 2.05) is 27.7 Å². The molecule has 0 atom stereocenters. The molecule has 0 spiro atoms. The zero-order valence-corrected chi connectivity index (χ0v) is 40.2. The van der Waals surface area contributed by atoms with Gasteiger partial charge in [0.1, 0.15) is 0 Å². The van der Waals surface area contributed by atoms with Gasteiger partial charge in [0.25, 0.3) is 0 Å². The Morgan fingerprint density at radius 2 is 0.836 bits per heavy atom. The SMILES string of the molecule is CC(C)N.CC(C)N1CCCC1.CC(C)N1CCCCC1.CC(C)N1CCN(C)CC1.CC(C)N1CCOCC1.CC(C)N=C(N)N.CCN(CC)C(C)C. The Morgan fingerprint density at radius 3 is 1.04 bits per heavy atom. The van der Waals surface area contributed by atoms with Gasteiger partial charge in [0, 0.05) is 75.5 Å². The van der Waals surface area contributed by atoms with Crippen LogP contribution in [0, 0.1) is 0 Å². The topological polar surface area (TPSA) is 119 Å². The summed E-state index contributed by atoms with van der Waals surface area (Å²) in [5.41, 5.74) is 15.2. The van der Waals surface area contributed by atoms with Crippen molar-refractivity contribution in [1.82, 2.24) is 29.4 Å². The summed E-state index contributed by atoms with van der Waals surface area (Å²) in [5, 5.41) is 0. The molecule has 0 aromatic heterocycles. The van der Waals surface area contributed by atoms with E-state index in [9.17, 15) is 0 Å². The maximum Gasteiger partial charge on any atom is 0.186 e. The van der Waals surface area contributed by atoms with Crippen LogP contribution in [0.15, 0.2) is 4.99 Å². The Kier molecular flexibility index (Phi) is 39.4. The van der Waals surface area contributed by atoms with Gasteiger partial charge in [0.2, 0.25) is 0 Å². The lowest BCUT2D eigenvalue weighted by molar-refractivity contribution is 0.0238. The van der Waals surface area contributed by atoms with Crippen LogP contribution < -0.4 is 17.2 Å². The number of likely N-dealkylation sites (N-methyl/N-ethyl adjacent to an activating group) is 1. The molecule has 11 heteroatoms. The minimum atomic E-state index is 0.162. The van der Waals surface area contributed by atoms with Gasteiger partial charge in [-0.3, -0.25) is 14.8 Å². The van der Waals surface area contributed by atoms with Crippen molar-refractivity contribution in [2.75, 3.05) is 98.8 Å². The molecule has 4 aliphatic heterocycles. The molecular weight excluding hydrogens is 685 g/mol. The molecule has 0 aliphatic carbocycles. The second-order valence-corrected chi connectivity index (χ2v) is 17.4. The van der Waals surface area contributed by atoms with Crippen LogP contribution in [-0.4, -0.2) is 176 Å². The quantitative estimate of drug-likeness (QED) is 0.186. The van der Waals surface area contributed by atoms with Crippen molar-refractivity contribution < 1.29 is 4.74 Å². The van der Waals surface area contributed by atoms with Crippen molar-refractivity contribution in [3.8, 4) is 0 Å². The Morgan fingerprint density at radius 1 is 0.527 bits per heavy atom. The molecule has 4 rings (SSSR count). The lowest BCUT2D eigenvalue weighted by Crippen LogP contribution is -2.47. The van der Waals surface area contributed by atoms with E-state index in [4.69, 9.17) is 21.9 Å². The molecule has 0 saturated carbocycles. The van der Waals surface area contributed by atoms with Gasteiger partial charge in [0.05, 0.1) is 13.2 Å². The number of guanidine groups is 1. The first-order valence-corrected chi connectivity index (χ1v) is 22.5. The zero-order chi connectivity index (χ0) is 42.9. The monoisotopic (exact) mass is 787 g/mol. The average molecular weight is 787 g/mol. The average Bonchev–Trinajstić information content (AvgIpc) is 3.66. The Labute approximate surface area is 345 Å². The number of likely N-dealkylation sites (tertiary alicyclic amines) is 2. The fourth-order valence-corrected chi connectivity index (χ4v) is 6.38. The second-order valence-electron chi connectivity index (χ2n) is 17.4. The van der Waals surface area contributed by atoms with E-state index in [0.29, 0.717) is 18.1 Å². The zero-order valence-electron chi connectivity index (χ0n) is 40.2. The molecule has 11 nitrogen and oxygen atoms in total. The third kappa shape index (κ3) is 38.2. The fraction of sp³-hybridized carbons (Fsp3) is 0.977. The van der Waals surface area contributed by atoms with Crippen LogP contribution in [0.2, 0.25) is 0 Å². The number of nitrogens with zero attached hydrogens (tertiary/aromatic N) is 7. The molecule has 0 radical (unpaired) electrons. The lowest BCUT2D eigenvalue weighted by atomic mass is 10.1. The van der Waals surface area contributed by atoms with Crippen LogP contribution in [0.4, 0.5) is 0 Å². The molecule has 334 valence electrons. The highest BCUT2D eigenvalue weighted by molar-refractivity contribution is 5.75. The van der Waals surface area contributed by atoms with Gasteiger partial charge in [-0.05, 0) is 161 Å². The van der Waals surface area contributed by atoms with E-state index in [2.05, 4.69) is 125 Å². The molecule has 0 aromatic carbocycles. The maximum absolute atomic E-state index is 5.21. The van der Waals surface area contributed by atoms with E-state index in [1.54, 1.807) is 0 Å². The Bertz CT molecular complexity index is 773. The van der Waals surface area contributed by atoms with Gasteiger partial charge < -0.3 is 41.5 Å². The molecule has 4 heterocycles. The van der Waals surface area contributed by atoms with E-state index in [0.717, 1.165) is 44.4 Å². The van der Waals surface area contributed by atoms with E-state index in [1.165, 1.54) is 97.6 Å². The van der Waals surface area contributed by atoms with Gasteiger partial charge >= 0.3 is 0 Å². The van der Waals surface area contributed by atoms with E-state index >= 15 is 0 Å². The minimum absolute atomic E-state index is 0.162. The van der Waals surface area contributed by atoms with Gasteiger partial charge in [-0.25, -0.2) is 0 Å². The number of hydrogen-bond donors (Lipinski definition) is 3. The number of morpholine rings is 1. The van der Waals surface area contributed by atoms with Crippen molar-refractivity contribution >= 4 is 5.96 Å². The predicted molar refractivity (Wildman–Crippen MR) is 247 cm³/mol. The lowest BCUT2D eigenvalue weighted by Gasteiger charge is -2.34. The third-order valence-electron chi connectivity index (χ3n) is 9.99. The predicted octanol–water partition coefficient (Wildman–Crippen LogP) is 6.50. The summed E-state index contributed by atoms with van der Waals surface area (Å²) >= 11 is 0. The molecular formula is C44H102N10O. The Hall–Kier alpha value is -1.05. The summed E-state index contributed by atoms with van der Waals surface area (Å²) in [4.78, 5) is 18.6. The van der Waals surface area contributed by atoms with E-state index < -0.39 is 0 Å². The summed E-state index contributed by atoms with van der Waals surface area (Å²) in [6.07, 6.45) is 7.11. The third-order valence-corrected chi connectivity index (χ3v) is 9.99. The van der Waals surface area contributed by atoms with Crippen molar-refractivity contribution in [3.05, 3.63) is 0 Å². The smallest absolute Gasteiger partial charge is 0.186 e. The normalized spacial score (nSPS) is 18.7.